The molecule has 1 aliphatic carbocycles. The Morgan fingerprint density at radius 2 is 2.00 bits per heavy atom. The van der Waals surface area contributed by atoms with Crippen LogP contribution in [0.25, 0.3) is 0 Å². The fraction of sp³-hybridized carbons (Fsp3) is 0.500. The van der Waals surface area contributed by atoms with E-state index in [0.717, 1.165) is 18.4 Å². The van der Waals surface area contributed by atoms with E-state index in [1.807, 2.05) is 0 Å². The largest absolute Gasteiger partial charge is 0.388 e. The van der Waals surface area contributed by atoms with Crippen molar-refractivity contribution in [2.75, 3.05) is 0 Å². The maximum absolute atomic E-state index is 12.9. The average molecular weight is 229 g/mol. The van der Waals surface area contributed by atoms with Crippen LogP contribution in [-0.2, 0) is 0 Å². The first kappa shape index (κ1) is 10.9. The van der Waals surface area contributed by atoms with Crippen molar-refractivity contribution in [3.8, 4) is 0 Å². The molecule has 1 saturated carbocycles. The highest BCUT2D eigenvalue weighted by Crippen LogP contribution is 2.36. The normalized spacial score (nSPS) is 19.4. The monoisotopic (exact) mass is 228 g/mol. The van der Waals surface area contributed by atoms with Crippen LogP contribution in [0, 0.1) is 11.7 Å². The smallest absolute Gasteiger partial charge is 0.141 e. The van der Waals surface area contributed by atoms with Crippen LogP contribution in [0.4, 0.5) is 4.39 Å². The van der Waals surface area contributed by atoms with Crippen LogP contribution < -0.4 is 0 Å². The Kier molecular flexibility index (Phi) is 3.27. The summed E-state index contributed by atoms with van der Waals surface area (Å²) in [5.74, 6) is -0.120. The first-order valence-electron chi connectivity index (χ1n) is 5.31. The van der Waals surface area contributed by atoms with Gasteiger partial charge in [-0.25, -0.2) is 4.39 Å². The Bertz CT molecular complexity index is 347. The molecule has 0 spiro atoms. The molecule has 1 aromatic carbocycles. The second kappa shape index (κ2) is 4.50. The van der Waals surface area contributed by atoms with Crippen LogP contribution in [0.2, 0.25) is 5.02 Å². The zero-order valence-electron chi connectivity index (χ0n) is 8.42. The standard InChI is InChI=1S/C12H14ClFO/c13-10-7-9(5-6-11(10)14)12(15)8-3-1-2-4-8/h5-8,12,15H,1-4H2/t12-/m0/s1. The van der Waals surface area contributed by atoms with Crippen molar-refractivity contribution in [1.29, 1.82) is 0 Å². The minimum atomic E-state index is -0.495. The molecule has 0 bridgehead atoms. The van der Waals surface area contributed by atoms with Crippen molar-refractivity contribution in [3.05, 3.63) is 34.6 Å². The van der Waals surface area contributed by atoms with Gasteiger partial charge in [-0.15, -0.1) is 0 Å². The summed E-state index contributed by atoms with van der Waals surface area (Å²) in [5.41, 5.74) is 0.730. The Labute approximate surface area is 93.9 Å². The molecule has 0 amide bonds. The average Bonchev–Trinajstić information content (AvgIpc) is 2.74. The van der Waals surface area contributed by atoms with Gasteiger partial charge < -0.3 is 5.11 Å². The molecule has 1 nitrogen and oxygen atoms in total. The van der Waals surface area contributed by atoms with E-state index in [1.165, 1.54) is 25.0 Å². The lowest BCUT2D eigenvalue weighted by Crippen LogP contribution is -2.08. The lowest BCUT2D eigenvalue weighted by molar-refractivity contribution is 0.111. The molecule has 0 aromatic heterocycles. The molecule has 0 heterocycles. The van der Waals surface area contributed by atoms with Gasteiger partial charge in [-0.05, 0) is 36.5 Å². The molecule has 82 valence electrons. The number of halogens is 2. The van der Waals surface area contributed by atoms with Crippen molar-refractivity contribution in [1.82, 2.24) is 0 Å². The summed E-state index contributed by atoms with van der Waals surface area (Å²) in [4.78, 5) is 0. The molecule has 1 fully saturated rings. The molecule has 1 aromatic rings. The number of aliphatic hydroxyl groups excluding tert-OH is 1. The molecule has 0 aliphatic heterocycles. The first-order chi connectivity index (χ1) is 7.18. The zero-order valence-corrected chi connectivity index (χ0v) is 9.17. The number of hydrogen-bond acceptors (Lipinski definition) is 1. The van der Waals surface area contributed by atoms with E-state index in [1.54, 1.807) is 6.07 Å². The van der Waals surface area contributed by atoms with Crippen LogP contribution >= 0.6 is 11.6 Å². The number of rotatable bonds is 2. The molecule has 0 radical (unpaired) electrons. The van der Waals surface area contributed by atoms with E-state index in [4.69, 9.17) is 11.6 Å². The SMILES string of the molecule is O[C@H](c1ccc(F)c(Cl)c1)C1CCCC1. The summed E-state index contributed by atoms with van der Waals surface area (Å²) in [5, 5.41) is 10.1. The summed E-state index contributed by atoms with van der Waals surface area (Å²) in [7, 11) is 0. The van der Waals surface area contributed by atoms with E-state index in [2.05, 4.69) is 0 Å². The lowest BCUT2D eigenvalue weighted by atomic mass is 9.94. The summed E-state index contributed by atoms with van der Waals surface area (Å²) in [6.07, 6.45) is 3.96. The quantitative estimate of drug-likeness (QED) is 0.818. The Morgan fingerprint density at radius 3 is 2.60 bits per heavy atom. The predicted octanol–water partition coefficient (Wildman–Crippen LogP) is 3.70. The molecule has 1 atom stereocenters. The minimum Gasteiger partial charge on any atom is -0.388 e. The van der Waals surface area contributed by atoms with Gasteiger partial charge in [-0.2, -0.15) is 0 Å². The van der Waals surface area contributed by atoms with Gasteiger partial charge in [0.15, 0.2) is 0 Å². The van der Waals surface area contributed by atoms with Crippen molar-refractivity contribution in [3.63, 3.8) is 0 Å². The summed E-state index contributed by atoms with van der Waals surface area (Å²) < 4.78 is 12.9. The number of hydrogen-bond donors (Lipinski definition) is 1. The molecule has 1 N–H and O–H groups in total. The Morgan fingerprint density at radius 1 is 1.33 bits per heavy atom. The summed E-state index contributed by atoms with van der Waals surface area (Å²) in [6, 6.07) is 4.46. The fourth-order valence-corrected chi connectivity index (χ4v) is 2.43. The molecular formula is C12H14ClFO. The molecule has 0 unspecified atom stereocenters. The van der Waals surface area contributed by atoms with Crippen molar-refractivity contribution < 1.29 is 9.50 Å². The van der Waals surface area contributed by atoms with E-state index >= 15 is 0 Å². The highest BCUT2D eigenvalue weighted by atomic mass is 35.5. The molecule has 2 rings (SSSR count). The highest BCUT2D eigenvalue weighted by molar-refractivity contribution is 6.30. The van der Waals surface area contributed by atoms with Crippen LogP contribution in [0.3, 0.4) is 0 Å². The number of benzene rings is 1. The molecule has 3 heteroatoms. The van der Waals surface area contributed by atoms with E-state index in [-0.39, 0.29) is 5.02 Å². The summed E-state index contributed by atoms with van der Waals surface area (Å²) >= 11 is 5.68. The van der Waals surface area contributed by atoms with Crippen LogP contribution in [0.5, 0.6) is 0 Å². The lowest BCUT2D eigenvalue weighted by Gasteiger charge is -2.18. The van der Waals surface area contributed by atoms with Crippen LogP contribution in [0.1, 0.15) is 37.4 Å². The van der Waals surface area contributed by atoms with Gasteiger partial charge in [0.05, 0.1) is 11.1 Å². The second-order valence-corrected chi connectivity index (χ2v) is 4.57. The van der Waals surface area contributed by atoms with Crippen molar-refractivity contribution in [2.45, 2.75) is 31.8 Å². The maximum Gasteiger partial charge on any atom is 0.141 e. The Balaban J connectivity index is 2.17. The van der Waals surface area contributed by atoms with Gasteiger partial charge in [0.2, 0.25) is 0 Å². The van der Waals surface area contributed by atoms with Crippen LogP contribution in [0.15, 0.2) is 18.2 Å². The zero-order chi connectivity index (χ0) is 10.8. The Hall–Kier alpha value is -0.600. The topological polar surface area (TPSA) is 20.2 Å². The predicted molar refractivity (Wildman–Crippen MR) is 58.3 cm³/mol. The molecule has 1 aliphatic rings. The third-order valence-electron chi connectivity index (χ3n) is 3.13. The van der Waals surface area contributed by atoms with Gasteiger partial charge in [0.25, 0.3) is 0 Å². The van der Waals surface area contributed by atoms with Crippen molar-refractivity contribution in [2.24, 2.45) is 5.92 Å². The minimum absolute atomic E-state index is 0.0875. The number of aliphatic hydroxyl groups is 1. The van der Waals surface area contributed by atoms with E-state index in [0.29, 0.717) is 5.92 Å². The highest BCUT2D eigenvalue weighted by Gasteiger charge is 2.24. The molecule has 15 heavy (non-hydrogen) atoms. The third-order valence-corrected chi connectivity index (χ3v) is 3.42. The van der Waals surface area contributed by atoms with Gasteiger partial charge in [-0.3, -0.25) is 0 Å². The van der Waals surface area contributed by atoms with E-state index < -0.39 is 11.9 Å². The van der Waals surface area contributed by atoms with E-state index in [9.17, 15) is 9.50 Å². The maximum atomic E-state index is 12.9. The van der Waals surface area contributed by atoms with Crippen LogP contribution in [-0.4, -0.2) is 5.11 Å². The fourth-order valence-electron chi connectivity index (χ4n) is 2.24. The van der Waals surface area contributed by atoms with Gasteiger partial charge in [0.1, 0.15) is 5.82 Å². The molecular weight excluding hydrogens is 215 g/mol. The second-order valence-electron chi connectivity index (χ2n) is 4.16. The molecule has 0 saturated heterocycles. The van der Waals surface area contributed by atoms with Gasteiger partial charge in [-0.1, -0.05) is 30.5 Å². The third kappa shape index (κ3) is 2.32. The van der Waals surface area contributed by atoms with Gasteiger partial charge >= 0.3 is 0 Å². The van der Waals surface area contributed by atoms with Gasteiger partial charge in [0, 0.05) is 0 Å². The summed E-state index contributed by atoms with van der Waals surface area (Å²) in [6.45, 7) is 0. The van der Waals surface area contributed by atoms with Crippen molar-refractivity contribution >= 4 is 11.6 Å². The first-order valence-corrected chi connectivity index (χ1v) is 5.69.